The fourth-order valence-electron chi connectivity index (χ4n) is 2.20. The molecule has 2 heterocycles. The largest absolute Gasteiger partial charge is 0.393 e. The van der Waals surface area contributed by atoms with E-state index in [1.165, 1.54) is 12.3 Å². The van der Waals surface area contributed by atoms with E-state index in [4.69, 9.17) is 22.1 Å². The highest BCUT2D eigenvalue weighted by molar-refractivity contribution is 6.21. The summed E-state index contributed by atoms with van der Waals surface area (Å²) < 4.78 is 20.1. The molecule has 112 valence electrons. The Balaban J connectivity index is 2.42. The van der Waals surface area contributed by atoms with Crippen molar-refractivity contribution in [3.05, 3.63) is 22.7 Å². The molecule has 1 aliphatic heterocycles. The first-order chi connectivity index (χ1) is 9.33. The Hall–Kier alpha value is -1.22. The predicted molar refractivity (Wildman–Crippen MR) is 69.1 cm³/mol. The maximum absolute atomic E-state index is 13.7. The van der Waals surface area contributed by atoms with Gasteiger partial charge in [0.2, 0.25) is 0 Å². The van der Waals surface area contributed by atoms with Crippen molar-refractivity contribution in [1.82, 2.24) is 9.55 Å². The van der Waals surface area contributed by atoms with Crippen molar-refractivity contribution < 1.29 is 19.3 Å². The second kappa shape index (κ2) is 5.28. The molecule has 4 N–H and O–H groups in total. The van der Waals surface area contributed by atoms with Crippen molar-refractivity contribution in [2.45, 2.75) is 36.4 Å². The number of ether oxygens (including phenoxy) is 1. The number of halogens is 2. The number of aliphatic hydroxyl groups is 2. The normalized spacial score (nSPS) is 35.1. The van der Waals surface area contributed by atoms with Crippen molar-refractivity contribution >= 4 is 17.4 Å². The van der Waals surface area contributed by atoms with Gasteiger partial charge in [-0.25, -0.2) is 9.18 Å². The van der Waals surface area contributed by atoms with Gasteiger partial charge in [-0.05, 0) is 13.0 Å². The molecule has 0 radical (unpaired) electrons. The number of rotatable bonds is 3. The number of nitrogen functional groups attached to an aromatic ring is 1. The fourth-order valence-corrected chi connectivity index (χ4v) is 2.59. The first-order valence-corrected chi connectivity index (χ1v) is 6.36. The van der Waals surface area contributed by atoms with Crippen molar-refractivity contribution in [3.8, 4) is 0 Å². The smallest absolute Gasteiger partial charge is 0.351 e. The van der Waals surface area contributed by atoms with E-state index in [1.54, 1.807) is 0 Å². The second-order valence-electron chi connectivity index (χ2n) is 4.67. The van der Waals surface area contributed by atoms with E-state index in [9.17, 15) is 19.4 Å². The van der Waals surface area contributed by atoms with E-state index in [0.717, 1.165) is 11.5 Å². The molecule has 7 nitrogen and oxygen atoms in total. The molecule has 2 rings (SSSR count). The Morgan fingerprint density at radius 3 is 2.85 bits per heavy atom. The van der Waals surface area contributed by atoms with Crippen LogP contribution in [0.15, 0.2) is 17.1 Å². The second-order valence-corrected chi connectivity index (χ2v) is 5.17. The van der Waals surface area contributed by atoms with Gasteiger partial charge in [0.25, 0.3) is 0 Å². The van der Waals surface area contributed by atoms with Crippen LogP contribution in [0.4, 0.5) is 10.2 Å². The molecular formula is C11H15ClFN3O4. The van der Waals surface area contributed by atoms with E-state index in [-0.39, 0.29) is 5.82 Å². The molecule has 0 saturated carbocycles. The number of aromatic nitrogens is 2. The lowest BCUT2D eigenvalue weighted by molar-refractivity contribution is -0.161. The number of nitrogens with two attached hydrogens (primary N) is 1. The van der Waals surface area contributed by atoms with Crippen LogP contribution >= 0.6 is 11.6 Å². The van der Waals surface area contributed by atoms with Gasteiger partial charge in [-0.3, -0.25) is 4.57 Å². The van der Waals surface area contributed by atoms with Crippen LogP contribution in [0.3, 0.4) is 0 Å². The van der Waals surface area contributed by atoms with Crippen LogP contribution in [0.2, 0.25) is 0 Å². The van der Waals surface area contributed by atoms with Gasteiger partial charge in [-0.15, -0.1) is 11.6 Å². The maximum atomic E-state index is 13.7. The van der Waals surface area contributed by atoms with Gasteiger partial charge >= 0.3 is 5.69 Å². The summed E-state index contributed by atoms with van der Waals surface area (Å²) >= 11 is 6.01. The molecule has 20 heavy (non-hydrogen) atoms. The zero-order valence-electron chi connectivity index (χ0n) is 10.6. The molecule has 0 amide bonds. The molecule has 1 saturated heterocycles. The third kappa shape index (κ3) is 2.18. The van der Waals surface area contributed by atoms with Crippen LogP contribution in [0, 0.1) is 0 Å². The molecule has 0 aliphatic carbocycles. The Labute approximate surface area is 118 Å². The summed E-state index contributed by atoms with van der Waals surface area (Å²) in [6, 6.07) is 1.35. The third-order valence-corrected chi connectivity index (χ3v) is 3.92. The summed E-state index contributed by atoms with van der Waals surface area (Å²) in [4.78, 5) is 15.2. The highest BCUT2D eigenvalue weighted by Crippen LogP contribution is 2.42. The highest BCUT2D eigenvalue weighted by Gasteiger charge is 2.58. The summed E-state index contributed by atoms with van der Waals surface area (Å²) in [6.45, 7) is 0.359. The van der Waals surface area contributed by atoms with Crippen LogP contribution in [0.5, 0.6) is 0 Å². The molecule has 0 bridgehead atoms. The van der Waals surface area contributed by atoms with Gasteiger partial charge in [0, 0.05) is 6.20 Å². The minimum absolute atomic E-state index is 0.0169. The summed E-state index contributed by atoms with van der Waals surface area (Å²) in [7, 11) is 0. The molecule has 0 aromatic carbocycles. The van der Waals surface area contributed by atoms with Gasteiger partial charge in [0.05, 0.1) is 6.61 Å². The van der Waals surface area contributed by atoms with Crippen molar-refractivity contribution in [2.75, 3.05) is 12.3 Å². The van der Waals surface area contributed by atoms with Crippen LogP contribution in [0.1, 0.15) is 13.2 Å². The number of hydrogen-bond acceptors (Lipinski definition) is 6. The highest BCUT2D eigenvalue weighted by atomic mass is 35.5. The van der Waals surface area contributed by atoms with Crippen LogP contribution in [-0.4, -0.2) is 49.6 Å². The van der Waals surface area contributed by atoms with Gasteiger partial charge in [0.15, 0.2) is 11.8 Å². The standard InChI is InChI=1S/C11H15ClFN3O4/c1-5(13)11(4-17)8(18)7(12)9(20-11)16-3-2-6(14)15-10(16)19/h2-3,5,7-9,17-18H,4H2,1H3,(H2,14,15,19)/t5-,7-,8+,9-,11+/m1/s1. The minimum Gasteiger partial charge on any atom is -0.393 e. The van der Waals surface area contributed by atoms with E-state index in [1.807, 2.05) is 0 Å². The molecule has 1 aromatic heterocycles. The topological polar surface area (TPSA) is 111 Å². The predicted octanol–water partition coefficient (Wildman–Crippen LogP) is -0.588. The lowest BCUT2D eigenvalue weighted by Crippen LogP contribution is -2.51. The van der Waals surface area contributed by atoms with Gasteiger partial charge in [0.1, 0.15) is 23.5 Å². The molecule has 1 fully saturated rings. The molecule has 9 heteroatoms. The molecule has 1 aromatic rings. The van der Waals surface area contributed by atoms with Crippen molar-refractivity contribution in [2.24, 2.45) is 0 Å². The molecule has 0 unspecified atom stereocenters. The average Bonchev–Trinajstić information content (AvgIpc) is 2.64. The summed E-state index contributed by atoms with van der Waals surface area (Å²) in [6.07, 6.45) is -3.04. The maximum Gasteiger partial charge on any atom is 0.351 e. The number of alkyl halides is 2. The number of nitrogens with zero attached hydrogens (tertiary/aromatic N) is 2. The Kier molecular flexibility index (Phi) is 4.01. The molecule has 0 spiro atoms. The van der Waals surface area contributed by atoms with E-state index >= 15 is 0 Å². The lowest BCUT2D eigenvalue weighted by Gasteiger charge is -2.31. The van der Waals surface area contributed by atoms with Crippen LogP contribution < -0.4 is 11.4 Å². The van der Waals surface area contributed by atoms with Crippen LogP contribution in [0.25, 0.3) is 0 Å². The molecule has 1 aliphatic rings. The zero-order chi connectivity index (χ0) is 15.1. The first kappa shape index (κ1) is 15.2. The Morgan fingerprint density at radius 1 is 1.75 bits per heavy atom. The zero-order valence-corrected chi connectivity index (χ0v) is 11.4. The van der Waals surface area contributed by atoms with Crippen molar-refractivity contribution in [1.29, 1.82) is 0 Å². The van der Waals surface area contributed by atoms with Gasteiger partial charge in [-0.1, -0.05) is 0 Å². The summed E-state index contributed by atoms with van der Waals surface area (Å²) in [5.74, 6) is 0.0169. The minimum atomic E-state index is -1.88. The number of anilines is 1. The molecular weight excluding hydrogens is 293 g/mol. The first-order valence-electron chi connectivity index (χ1n) is 5.93. The quantitative estimate of drug-likeness (QED) is 0.644. The average molecular weight is 308 g/mol. The lowest BCUT2D eigenvalue weighted by atomic mass is 9.93. The Bertz CT molecular complexity index is 555. The third-order valence-electron chi connectivity index (χ3n) is 3.46. The number of hydrogen-bond donors (Lipinski definition) is 3. The van der Waals surface area contributed by atoms with Gasteiger partial charge in [-0.2, -0.15) is 4.98 Å². The van der Waals surface area contributed by atoms with Gasteiger partial charge < -0.3 is 20.7 Å². The fraction of sp³-hybridized carbons (Fsp3) is 0.636. The monoisotopic (exact) mass is 307 g/mol. The Morgan fingerprint density at radius 2 is 2.40 bits per heavy atom. The van der Waals surface area contributed by atoms with Crippen molar-refractivity contribution in [3.63, 3.8) is 0 Å². The molecule has 5 atom stereocenters. The van der Waals surface area contributed by atoms with Crippen LogP contribution in [-0.2, 0) is 4.74 Å². The number of aliphatic hydroxyl groups excluding tert-OH is 2. The van der Waals surface area contributed by atoms with E-state index < -0.39 is 41.8 Å². The SMILES string of the molecule is C[C@@H](F)[C@]1(CO)O[C@@H](n2ccc(N)nc2=O)[C@H](Cl)[C@@H]1O. The van der Waals surface area contributed by atoms with E-state index in [2.05, 4.69) is 4.98 Å². The van der Waals surface area contributed by atoms with E-state index in [0.29, 0.717) is 0 Å². The summed E-state index contributed by atoms with van der Waals surface area (Å²) in [5.41, 5.74) is 2.75. The summed E-state index contributed by atoms with van der Waals surface area (Å²) in [5, 5.41) is 18.3.